The van der Waals surface area contributed by atoms with E-state index in [0.717, 1.165) is 25.9 Å². The summed E-state index contributed by atoms with van der Waals surface area (Å²) in [6.07, 6.45) is 4.41. The summed E-state index contributed by atoms with van der Waals surface area (Å²) in [5.74, 6) is -0.837. The highest BCUT2D eigenvalue weighted by Crippen LogP contribution is 2.31. The van der Waals surface area contributed by atoms with Crippen LogP contribution in [0.15, 0.2) is 0 Å². The Hall–Kier alpha value is -0.650. The number of likely N-dealkylation sites (N-methyl/N-ethyl adjacent to an activating group) is 1. The smallest absolute Gasteiger partial charge is 0.323 e. The lowest BCUT2D eigenvalue weighted by atomic mass is 9.79. The van der Waals surface area contributed by atoms with E-state index in [4.69, 9.17) is 5.73 Å². The van der Waals surface area contributed by atoms with Crippen molar-refractivity contribution in [3.05, 3.63) is 0 Å². The van der Waals surface area contributed by atoms with Gasteiger partial charge in [0.25, 0.3) is 0 Å². The van der Waals surface area contributed by atoms with Crippen molar-refractivity contribution in [3.8, 4) is 0 Å². The quantitative estimate of drug-likeness (QED) is 0.761. The van der Waals surface area contributed by atoms with Crippen LogP contribution in [0.4, 0.5) is 0 Å². The number of carbonyl (C=O) groups is 1. The van der Waals surface area contributed by atoms with Crippen molar-refractivity contribution < 1.29 is 9.90 Å². The standard InChI is InChI=1S/C13H25N3O2/c1-15(2)11-5-7-16(9-11)10-4-3-6-13(14,8-10)12(17)18/h10-11H,3-9,14H2,1-2H3,(H,17,18). The van der Waals surface area contributed by atoms with Gasteiger partial charge in [0, 0.05) is 25.2 Å². The monoisotopic (exact) mass is 255 g/mol. The Balaban J connectivity index is 1.96. The van der Waals surface area contributed by atoms with Gasteiger partial charge in [0.2, 0.25) is 0 Å². The molecule has 0 bridgehead atoms. The van der Waals surface area contributed by atoms with Crippen LogP contribution < -0.4 is 5.73 Å². The average molecular weight is 255 g/mol. The van der Waals surface area contributed by atoms with Gasteiger partial charge in [-0.2, -0.15) is 0 Å². The summed E-state index contributed by atoms with van der Waals surface area (Å²) in [6, 6.07) is 0.953. The molecule has 3 atom stereocenters. The van der Waals surface area contributed by atoms with Crippen LogP contribution in [-0.4, -0.2) is 65.7 Å². The van der Waals surface area contributed by atoms with Crippen molar-refractivity contribution in [3.63, 3.8) is 0 Å². The van der Waals surface area contributed by atoms with Crippen LogP contribution in [0.2, 0.25) is 0 Å². The maximum Gasteiger partial charge on any atom is 0.323 e. The van der Waals surface area contributed by atoms with Crippen LogP contribution in [0, 0.1) is 0 Å². The molecule has 2 aliphatic rings. The third-order valence-electron chi connectivity index (χ3n) is 4.63. The molecular formula is C13H25N3O2. The number of rotatable bonds is 3. The summed E-state index contributed by atoms with van der Waals surface area (Å²) in [5, 5.41) is 9.25. The normalized spacial score (nSPS) is 38.2. The van der Waals surface area contributed by atoms with Gasteiger partial charge in [-0.25, -0.2) is 0 Å². The molecule has 3 N–H and O–H groups in total. The molecule has 1 aliphatic carbocycles. The number of carboxylic acids is 1. The molecule has 1 heterocycles. The first-order chi connectivity index (χ1) is 8.42. The highest BCUT2D eigenvalue weighted by atomic mass is 16.4. The molecule has 1 saturated carbocycles. The zero-order valence-electron chi connectivity index (χ0n) is 11.4. The van der Waals surface area contributed by atoms with Crippen molar-refractivity contribution in [1.29, 1.82) is 0 Å². The lowest BCUT2D eigenvalue weighted by Gasteiger charge is -2.39. The topological polar surface area (TPSA) is 69.8 Å². The van der Waals surface area contributed by atoms with Gasteiger partial charge < -0.3 is 15.7 Å². The van der Waals surface area contributed by atoms with Crippen LogP contribution in [0.3, 0.4) is 0 Å². The van der Waals surface area contributed by atoms with Crippen molar-refractivity contribution in [2.45, 2.75) is 49.7 Å². The van der Waals surface area contributed by atoms with Gasteiger partial charge in [0.1, 0.15) is 5.54 Å². The molecule has 0 aromatic carbocycles. The molecule has 3 unspecified atom stereocenters. The molecule has 5 heteroatoms. The minimum absolute atomic E-state index is 0.352. The first-order valence-electron chi connectivity index (χ1n) is 6.85. The van der Waals surface area contributed by atoms with E-state index in [9.17, 15) is 9.90 Å². The minimum atomic E-state index is -1.00. The fraction of sp³-hybridized carbons (Fsp3) is 0.923. The van der Waals surface area contributed by atoms with E-state index in [-0.39, 0.29) is 0 Å². The Labute approximate surface area is 109 Å². The zero-order valence-corrected chi connectivity index (χ0v) is 11.4. The van der Waals surface area contributed by atoms with E-state index >= 15 is 0 Å². The summed E-state index contributed by atoms with van der Waals surface area (Å²) >= 11 is 0. The Morgan fingerprint density at radius 3 is 2.72 bits per heavy atom. The Bertz CT molecular complexity index is 321. The molecule has 0 aromatic rings. The molecule has 0 amide bonds. The molecule has 104 valence electrons. The molecule has 0 spiro atoms. The minimum Gasteiger partial charge on any atom is -0.480 e. The SMILES string of the molecule is CN(C)C1CCN(C2CCCC(N)(C(=O)O)C2)C1. The first-order valence-corrected chi connectivity index (χ1v) is 6.85. The summed E-state index contributed by atoms with van der Waals surface area (Å²) in [5.41, 5.74) is 5.02. The van der Waals surface area contributed by atoms with E-state index in [1.54, 1.807) is 0 Å². The van der Waals surface area contributed by atoms with Crippen LogP contribution in [-0.2, 0) is 4.79 Å². The second-order valence-corrected chi connectivity index (χ2v) is 6.11. The average Bonchev–Trinajstić information content (AvgIpc) is 2.78. The van der Waals surface area contributed by atoms with Gasteiger partial charge in [0.15, 0.2) is 0 Å². The highest BCUT2D eigenvalue weighted by molar-refractivity contribution is 5.78. The maximum absolute atomic E-state index is 11.3. The van der Waals surface area contributed by atoms with Gasteiger partial charge >= 0.3 is 5.97 Å². The maximum atomic E-state index is 11.3. The summed E-state index contributed by atoms with van der Waals surface area (Å²) in [6.45, 7) is 2.12. The predicted octanol–water partition coefficient (Wildman–Crippen LogP) is 0.347. The van der Waals surface area contributed by atoms with E-state index in [1.165, 1.54) is 6.42 Å². The van der Waals surface area contributed by atoms with Crippen LogP contribution in [0.5, 0.6) is 0 Å². The molecule has 5 nitrogen and oxygen atoms in total. The van der Waals surface area contributed by atoms with Crippen molar-refractivity contribution in [2.75, 3.05) is 27.2 Å². The Morgan fingerprint density at radius 2 is 2.17 bits per heavy atom. The van der Waals surface area contributed by atoms with Gasteiger partial charge in [-0.15, -0.1) is 0 Å². The van der Waals surface area contributed by atoms with Crippen LogP contribution in [0.25, 0.3) is 0 Å². The molecule has 0 aromatic heterocycles. The second kappa shape index (κ2) is 5.15. The molecule has 1 aliphatic heterocycles. The molecule has 1 saturated heterocycles. The van der Waals surface area contributed by atoms with E-state index < -0.39 is 11.5 Å². The highest BCUT2D eigenvalue weighted by Gasteiger charge is 2.42. The van der Waals surface area contributed by atoms with Crippen molar-refractivity contribution in [1.82, 2.24) is 9.80 Å². The fourth-order valence-electron chi connectivity index (χ4n) is 3.30. The number of nitrogens with two attached hydrogens (primary N) is 1. The predicted molar refractivity (Wildman–Crippen MR) is 70.5 cm³/mol. The fourth-order valence-corrected chi connectivity index (χ4v) is 3.30. The van der Waals surface area contributed by atoms with Crippen molar-refractivity contribution >= 4 is 5.97 Å². The van der Waals surface area contributed by atoms with Crippen molar-refractivity contribution in [2.24, 2.45) is 5.73 Å². The zero-order chi connectivity index (χ0) is 13.3. The van der Waals surface area contributed by atoms with E-state index in [2.05, 4.69) is 23.9 Å². The largest absolute Gasteiger partial charge is 0.480 e. The Morgan fingerprint density at radius 1 is 1.44 bits per heavy atom. The number of aliphatic carboxylic acids is 1. The number of nitrogens with zero attached hydrogens (tertiary/aromatic N) is 2. The number of carboxylic acid groups (broad SMARTS) is 1. The molecule has 2 rings (SSSR count). The van der Waals surface area contributed by atoms with Gasteiger partial charge in [-0.05, 0) is 46.2 Å². The van der Waals surface area contributed by atoms with E-state index in [1.807, 2.05) is 0 Å². The van der Waals surface area contributed by atoms with Gasteiger partial charge in [0.05, 0.1) is 0 Å². The lowest BCUT2D eigenvalue weighted by molar-refractivity contribution is -0.145. The third kappa shape index (κ3) is 2.68. The number of hydrogen-bond acceptors (Lipinski definition) is 4. The van der Waals surface area contributed by atoms with Crippen LogP contribution >= 0.6 is 0 Å². The first kappa shape index (κ1) is 13.8. The summed E-state index contributed by atoms with van der Waals surface area (Å²) in [4.78, 5) is 16.0. The lowest BCUT2D eigenvalue weighted by Crippen LogP contribution is -2.55. The second-order valence-electron chi connectivity index (χ2n) is 6.11. The molecule has 18 heavy (non-hydrogen) atoms. The van der Waals surface area contributed by atoms with Gasteiger partial charge in [-0.3, -0.25) is 9.69 Å². The molecular weight excluding hydrogens is 230 g/mol. The molecule has 2 fully saturated rings. The Kier molecular flexibility index (Phi) is 3.94. The van der Waals surface area contributed by atoms with Crippen LogP contribution in [0.1, 0.15) is 32.1 Å². The molecule has 0 radical (unpaired) electrons. The summed E-state index contributed by atoms with van der Waals surface area (Å²) in [7, 11) is 4.22. The number of hydrogen-bond donors (Lipinski definition) is 2. The summed E-state index contributed by atoms with van der Waals surface area (Å²) < 4.78 is 0. The number of likely N-dealkylation sites (tertiary alicyclic amines) is 1. The third-order valence-corrected chi connectivity index (χ3v) is 4.63. The van der Waals surface area contributed by atoms with Gasteiger partial charge in [-0.1, -0.05) is 0 Å². The van der Waals surface area contributed by atoms with E-state index in [0.29, 0.717) is 24.9 Å².